The van der Waals surface area contributed by atoms with E-state index in [0.717, 1.165) is 43.0 Å². The molecule has 0 amide bonds. The van der Waals surface area contributed by atoms with Gasteiger partial charge in [-0.15, -0.1) is 11.8 Å². The Kier molecular flexibility index (Phi) is 3.69. The van der Waals surface area contributed by atoms with E-state index < -0.39 is 0 Å². The summed E-state index contributed by atoms with van der Waals surface area (Å²) in [5.41, 5.74) is 0. The van der Waals surface area contributed by atoms with Crippen LogP contribution in [0.4, 0.5) is 11.6 Å². The largest absolute Gasteiger partial charge is 0.377 e. The van der Waals surface area contributed by atoms with E-state index in [1.807, 2.05) is 19.0 Å². The molecule has 3 heterocycles. The molecule has 6 heteroatoms. The van der Waals surface area contributed by atoms with Crippen molar-refractivity contribution in [3.63, 3.8) is 0 Å². The lowest BCUT2D eigenvalue weighted by Gasteiger charge is -2.48. The molecular weight excluding hydrogens is 296 g/mol. The molecule has 1 spiro atoms. The van der Waals surface area contributed by atoms with E-state index in [0.29, 0.717) is 10.9 Å². The molecule has 1 atom stereocenters. The Morgan fingerprint density at radius 2 is 2.18 bits per heavy atom. The molecule has 1 saturated carbocycles. The first-order chi connectivity index (χ1) is 10.6. The van der Waals surface area contributed by atoms with Gasteiger partial charge in [-0.3, -0.25) is 0 Å². The lowest BCUT2D eigenvalue weighted by molar-refractivity contribution is 0.0529. The summed E-state index contributed by atoms with van der Waals surface area (Å²) in [5, 5.41) is 0. The summed E-state index contributed by atoms with van der Waals surface area (Å²) in [6, 6.07) is 2.08. The van der Waals surface area contributed by atoms with Crippen molar-refractivity contribution in [2.24, 2.45) is 5.92 Å². The SMILES string of the molecule is CN(C)c1cc(N2CC3(C[C@H](OCC4CC4)CS3)C2)ncn1. The van der Waals surface area contributed by atoms with E-state index in [9.17, 15) is 0 Å². The van der Waals surface area contributed by atoms with Crippen molar-refractivity contribution in [1.82, 2.24) is 9.97 Å². The highest BCUT2D eigenvalue weighted by atomic mass is 32.2. The molecule has 120 valence electrons. The molecule has 2 saturated heterocycles. The Hall–Kier alpha value is -1.01. The summed E-state index contributed by atoms with van der Waals surface area (Å²) < 4.78 is 6.48. The predicted molar refractivity (Wildman–Crippen MR) is 90.8 cm³/mol. The maximum Gasteiger partial charge on any atom is 0.134 e. The third kappa shape index (κ3) is 2.91. The lowest BCUT2D eigenvalue weighted by Crippen LogP contribution is -2.59. The molecular formula is C16H24N4OS. The molecule has 0 N–H and O–H groups in total. The number of thioether (sulfide) groups is 1. The predicted octanol–water partition coefficient (Wildman–Crippen LogP) is 2.03. The van der Waals surface area contributed by atoms with E-state index >= 15 is 0 Å². The average molecular weight is 320 g/mol. The van der Waals surface area contributed by atoms with Gasteiger partial charge in [-0.2, -0.15) is 0 Å². The zero-order valence-corrected chi connectivity index (χ0v) is 14.2. The fraction of sp³-hybridized carbons (Fsp3) is 0.750. The van der Waals surface area contributed by atoms with Crippen LogP contribution in [0, 0.1) is 5.92 Å². The second-order valence-electron chi connectivity index (χ2n) is 7.08. The van der Waals surface area contributed by atoms with Crippen LogP contribution < -0.4 is 9.80 Å². The van der Waals surface area contributed by atoms with Gasteiger partial charge in [-0.1, -0.05) is 0 Å². The van der Waals surface area contributed by atoms with E-state index in [1.165, 1.54) is 19.3 Å². The van der Waals surface area contributed by atoms with Gasteiger partial charge < -0.3 is 14.5 Å². The minimum atomic E-state index is 0.400. The lowest BCUT2D eigenvalue weighted by atomic mass is 9.93. The number of anilines is 2. The number of ether oxygens (including phenoxy) is 1. The Balaban J connectivity index is 1.32. The second-order valence-corrected chi connectivity index (χ2v) is 8.57. The summed E-state index contributed by atoms with van der Waals surface area (Å²) >= 11 is 2.10. The minimum absolute atomic E-state index is 0.400. The summed E-state index contributed by atoms with van der Waals surface area (Å²) in [4.78, 5) is 13.1. The highest BCUT2D eigenvalue weighted by Crippen LogP contribution is 2.47. The third-order valence-corrected chi connectivity index (χ3v) is 6.39. The molecule has 1 aliphatic carbocycles. The topological polar surface area (TPSA) is 41.5 Å². The van der Waals surface area contributed by atoms with Crippen LogP contribution in [0.1, 0.15) is 19.3 Å². The van der Waals surface area contributed by atoms with Gasteiger partial charge in [0.2, 0.25) is 0 Å². The summed E-state index contributed by atoms with van der Waals surface area (Å²) in [6.45, 7) is 3.17. The highest BCUT2D eigenvalue weighted by molar-refractivity contribution is 8.01. The first-order valence-corrected chi connectivity index (χ1v) is 9.12. The van der Waals surface area contributed by atoms with Crippen LogP contribution in [0.5, 0.6) is 0 Å². The van der Waals surface area contributed by atoms with Crippen molar-refractivity contribution >= 4 is 23.4 Å². The van der Waals surface area contributed by atoms with Gasteiger partial charge in [0, 0.05) is 45.6 Å². The molecule has 4 rings (SSSR count). The molecule has 0 aromatic carbocycles. The number of hydrogen-bond donors (Lipinski definition) is 0. The molecule has 1 aromatic rings. The fourth-order valence-corrected chi connectivity index (χ4v) is 4.80. The standard InChI is InChI=1S/C16H24N4OS/c1-19(2)14-5-15(18-11-17-14)20-9-16(10-20)6-13(8-22-16)21-7-12-3-4-12/h5,11-13H,3-4,6-10H2,1-2H3/t13-/m0/s1. The van der Waals surface area contributed by atoms with Gasteiger partial charge >= 0.3 is 0 Å². The summed E-state index contributed by atoms with van der Waals surface area (Å²) in [5.74, 6) is 4.04. The number of nitrogens with zero attached hydrogens (tertiary/aromatic N) is 4. The van der Waals surface area contributed by atoms with Crippen LogP contribution >= 0.6 is 11.8 Å². The molecule has 22 heavy (non-hydrogen) atoms. The van der Waals surface area contributed by atoms with Crippen molar-refractivity contribution in [1.29, 1.82) is 0 Å². The van der Waals surface area contributed by atoms with E-state index in [-0.39, 0.29) is 0 Å². The van der Waals surface area contributed by atoms with Crippen molar-refractivity contribution in [2.45, 2.75) is 30.1 Å². The van der Waals surface area contributed by atoms with Crippen molar-refractivity contribution in [3.05, 3.63) is 12.4 Å². The Bertz CT molecular complexity index is 543. The number of rotatable bonds is 5. The van der Waals surface area contributed by atoms with Crippen molar-refractivity contribution in [2.75, 3.05) is 49.3 Å². The van der Waals surface area contributed by atoms with Crippen LogP contribution in [0.2, 0.25) is 0 Å². The maximum absolute atomic E-state index is 6.08. The van der Waals surface area contributed by atoms with Crippen LogP contribution in [0.15, 0.2) is 12.4 Å². The van der Waals surface area contributed by atoms with Crippen LogP contribution in [-0.4, -0.2) is 60.4 Å². The monoisotopic (exact) mass is 320 g/mol. The van der Waals surface area contributed by atoms with Crippen molar-refractivity contribution < 1.29 is 4.74 Å². The van der Waals surface area contributed by atoms with Gasteiger partial charge in [0.25, 0.3) is 0 Å². The average Bonchev–Trinajstić information content (AvgIpc) is 3.21. The van der Waals surface area contributed by atoms with Crippen LogP contribution in [0.3, 0.4) is 0 Å². The van der Waals surface area contributed by atoms with Crippen molar-refractivity contribution in [3.8, 4) is 0 Å². The quantitative estimate of drug-likeness (QED) is 0.827. The molecule has 2 aliphatic heterocycles. The van der Waals surface area contributed by atoms with Crippen LogP contribution in [0.25, 0.3) is 0 Å². The third-order valence-electron chi connectivity index (χ3n) is 4.82. The Labute approximate surface area is 136 Å². The normalized spacial score (nSPS) is 26.3. The zero-order valence-electron chi connectivity index (χ0n) is 13.4. The number of aromatic nitrogens is 2. The second kappa shape index (κ2) is 5.57. The van der Waals surface area contributed by atoms with Gasteiger partial charge in [-0.05, 0) is 25.2 Å². The minimum Gasteiger partial charge on any atom is -0.377 e. The summed E-state index contributed by atoms with van der Waals surface area (Å²) in [6.07, 6.45) is 6.09. The van der Waals surface area contributed by atoms with Gasteiger partial charge in [-0.25, -0.2) is 9.97 Å². The maximum atomic E-state index is 6.08. The van der Waals surface area contributed by atoms with E-state index in [2.05, 4.69) is 32.7 Å². The van der Waals surface area contributed by atoms with Gasteiger partial charge in [0.1, 0.15) is 18.0 Å². The van der Waals surface area contributed by atoms with Gasteiger partial charge in [0.15, 0.2) is 0 Å². The summed E-state index contributed by atoms with van der Waals surface area (Å²) in [7, 11) is 4.02. The first-order valence-electron chi connectivity index (χ1n) is 8.13. The van der Waals surface area contributed by atoms with E-state index in [4.69, 9.17) is 4.74 Å². The molecule has 3 aliphatic rings. The first kappa shape index (κ1) is 14.6. The van der Waals surface area contributed by atoms with Crippen LogP contribution in [-0.2, 0) is 4.74 Å². The Morgan fingerprint density at radius 3 is 2.91 bits per heavy atom. The smallest absolute Gasteiger partial charge is 0.134 e. The molecule has 0 radical (unpaired) electrons. The molecule has 1 aromatic heterocycles. The molecule has 5 nitrogen and oxygen atoms in total. The molecule has 0 unspecified atom stereocenters. The van der Waals surface area contributed by atoms with Gasteiger partial charge in [0.05, 0.1) is 10.9 Å². The molecule has 0 bridgehead atoms. The highest BCUT2D eigenvalue weighted by Gasteiger charge is 2.50. The molecule has 3 fully saturated rings. The zero-order chi connectivity index (χ0) is 15.2. The number of hydrogen-bond acceptors (Lipinski definition) is 6. The Morgan fingerprint density at radius 1 is 1.36 bits per heavy atom. The fourth-order valence-electron chi connectivity index (χ4n) is 3.25. The van der Waals surface area contributed by atoms with E-state index in [1.54, 1.807) is 6.33 Å².